The van der Waals surface area contributed by atoms with Crippen LogP contribution in [0.5, 0.6) is 5.75 Å². The van der Waals surface area contributed by atoms with Crippen molar-refractivity contribution in [2.45, 2.75) is 33.1 Å². The summed E-state index contributed by atoms with van der Waals surface area (Å²) in [6, 6.07) is 7.80. The third kappa shape index (κ3) is 3.63. The molecule has 0 unspecified atom stereocenters. The van der Waals surface area contributed by atoms with Crippen LogP contribution in [0.25, 0.3) is 0 Å². The Balaban J connectivity index is 2.59. The van der Waals surface area contributed by atoms with Gasteiger partial charge in [0.2, 0.25) is 0 Å². The molecule has 1 aromatic carbocycles. The molecule has 15 heavy (non-hydrogen) atoms. The van der Waals surface area contributed by atoms with Gasteiger partial charge < -0.3 is 4.74 Å². The lowest BCUT2D eigenvalue weighted by Crippen LogP contribution is -1.99. The molecular weight excluding hydrogens is 186 g/mol. The van der Waals surface area contributed by atoms with Gasteiger partial charge in [0.05, 0.1) is 12.2 Å². The Kier molecular flexibility index (Phi) is 4.70. The molecule has 0 spiro atoms. The van der Waals surface area contributed by atoms with Gasteiger partial charge in [0, 0.05) is 0 Å². The zero-order valence-corrected chi connectivity index (χ0v) is 9.42. The molecule has 0 aromatic heterocycles. The van der Waals surface area contributed by atoms with E-state index in [2.05, 4.69) is 13.0 Å². The maximum absolute atomic E-state index is 8.88. The molecule has 0 fully saturated rings. The highest BCUT2D eigenvalue weighted by Crippen LogP contribution is 2.19. The van der Waals surface area contributed by atoms with Crippen molar-refractivity contribution in [3.05, 3.63) is 29.3 Å². The maximum atomic E-state index is 8.88. The van der Waals surface area contributed by atoms with Crippen LogP contribution in [-0.2, 0) is 0 Å². The van der Waals surface area contributed by atoms with Crippen LogP contribution in [-0.4, -0.2) is 6.61 Å². The van der Waals surface area contributed by atoms with Crippen LogP contribution >= 0.6 is 0 Å². The van der Waals surface area contributed by atoms with E-state index in [1.807, 2.05) is 25.1 Å². The lowest BCUT2D eigenvalue weighted by molar-refractivity contribution is 0.305. The summed E-state index contributed by atoms with van der Waals surface area (Å²) in [4.78, 5) is 0. The topological polar surface area (TPSA) is 33.0 Å². The summed E-state index contributed by atoms with van der Waals surface area (Å²) in [6.07, 6.45) is 3.41. The highest BCUT2D eigenvalue weighted by Gasteiger charge is 2.02. The van der Waals surface area contributed by atoms with Crippen LogP contribution in [0.15, 0.2) is 18.2 Å². The second-order valence-corrected chi connectivity index (χ2v) is 3.67. The molecule has 80 valence electrons. The maximum Gasteiger partial charge on any atom is 0.137 e. The van der Waals surface area contributed by atoms with Crippen molar-refractivity contribution < 1.29 is 4.74 Å². The average molecular weight is 203 g/mol. The molecule has 2 nitrogen and oxygen atoms in total. The number of aryl methyl sites for hydroxylation is 1. The molecule has 0 aliphatic carbocycles. The average Bonchev–Trinajstić information content (AvgIpc) is 2.25. The summed E-state index contributed by atoms with van der Waals surface area (Å²) in [5.74, 6) is 0.716. The summed E-state index contributed by atoms with van der Waals surface area (Å²) in [7, 11) is 0. The Bertz CT molecular complexity index is 352. The normalized spacial score (nSPS) is 9.67. The number of hydrogen-bond donors (Lipinski definition) is 0. The molecule has 0 radical (unpaired) electrons. The smallest absolute Gasteiger partial charge is 0.137 e. The number of benzene rings is 1. The summed E-state index contributed by atoms with van der Waals surface area (Å²) in [5, 5.41) is 8.88. The Hall–Kier alpha value is -1.49. The largest absolute Gasteiger partial charge is 0.492 e. The van der Waals surface area contributed by atoms with Crippen molar-refractivity contribution >= 4 is 0 Å². The van der Waals surface area contributed by atoms with Gasteiger partial charge in [-0.2, -0.15) is 5.26 Å². The van der Waals surface area contributed by atoms with Gasteiger partial charge in [-0.25, -0.2) is 0 Å². The first-order valence-electron chi connectivity index (χ1n) is 5.41. The van der Waals surface area contributed by atoms with Crippen molar-refractivity contribution in [2.24, 2.45) is 0 Å². The van der Waals surface area contributed by atoms with Crippen LogP contribution < -0.4 is 4.74 Å². The fraction of sp³-hybridized carbons (Fsp3) is 0.462. The second kappa shape index (κ2) is 6.08. The molecule has 2 heteroatoms. The summed E-state index contributed by atoms with van der Waals surface area (Å²) in [6.45, 7) is 4.86. The van der Waals surface area contributed by atoms with Gasteiger partial charge in [-0.15, -0.1) is 0 Å². The Morgan fingerprint density at radius 2 is 2.13 bits per heavy atom. The molecule has 0 amide bonds. The standard InChI is InChI=1S/C13H17NO/c1-3-4-5-8-15-13-9-11(2)6-7-12(13)10-14/h6-7,9H,3-5,8H2,1-2H3. The van der Waals surface area contributed by atoms with Crippen LogP contribution in [0.2, 0.25) is 0 Å². The number of ether oxygens (including phenoxy) is 1. The van der Waals surface area contributed by atoms with Crippen molar-refractivity contribution in [1.29, 1.82) is 5.26 Å². The highest BCUT2D eigenvalue weighted by molar-refractivity contribution is 5.44. The third-order valence-electron chi connectivity index (χ3n) is 2.26. The number of nitrogens with zero attached hydrogens (tertiary/aromatic N) is 1. The minimum atomic E-state index is 0.622. The molecule has 0 N–H and O–H groups in total. The van der Waals surface area contributed by atoms with E-state index in [1.165, 1.54) is 12.8 Å². The van der Waals surface area contributed by atoms with E-state index in [1.54, 1.807) is 0 Å². The fourth-order valence-corrected chi connectivity index (χ4v) is 1.38. The molecule has 0 aliphatic heterocycles. The van der Waals surface area contributed by atoms with Crippen LogP contribution in [0, 0.1) is 18.3 Å². The molecule has 0 saturated carbocycles. The lowest BCUT2D eigenvalue weighted by Gasteiger charge is -2.07. The number of nitriles is 1. The second-order valence-electron chi connectivity index (χ2n) is 3.67. The lowest BCUT2D eigenvalue weighted by atomic mass is 10.1. The summed E-state index contributed by atoms with van der Waals surface area (Å²) in [5.41, 5.74) is 1.75. The van der Waals surface area contributed by atoms with Gasteiger partial charge >= 0.3 is 0 Å². The molecule has 1 rings (SSSR count). The molecule has 0 heterocycles. The summed E-state index contributed by atoms with van der Waals surface area (Å²) < 4.78 is 5.59. The van der Waals surface area contributed by atoms with E-state index in [0.29, 0.717) is 17.9 Å². The first kappa shape index (κ1) is 11.6. The van der Waals surface area contributed by atoms with Crippen LogP contribution in [0.3, 0.4) is 0 Å². The third-order valence-corrected chi connectivity index (χ3v) is 2.26. The number of hydrogen-bond acceptors (Lipinski definition) is 2. The fourth-order valence-electron chi connectivity index (χ4n) is 1.38. The SMILES string of the molecule is CCCCCOc1cc(C)ccc1C#N. The Morgan fingerprint density at radius 3 is 2.80 bits per heavy atom. The molecular formula is C13H17NO. The predicted molar refractivity (Wildman–Crippen MR) is 60.9 cm³/mol. The monoisotopic (exact) mass is 203 g/mol. The minimum Gasteiger partial charge on any atom is -0.492 e. The molecule has 1 aromatic rings. The predicted octanol–water partition coefficient (Wildman–Crippen LogP) is 3.44. The molecule has 0 saturated heterocycles. The zero-order chi connectivity index (χ0) is 11.1. The van der Waals surface area contributed by atoms with Crippen LogP contribution in [0.4, 0.5) is 0 Å². The number of unbranched alkanes of at least 4 members (excludes halogenated alkanes) is 2. The van der Waals surface area contributed by atoms with Gasteiger partial charge in [0.1, 0.15) is 11.8 Å². The van der Waals surface area contributed by atoms with Gasteiger partial charge in [-0.3, -0.25) is 0 Å². The Labute approximate surface area is 91.5 Å². The van der Waals surface area contributed by atoms with E-state index in [0.717, 1.165) is 12.0 Å². The number of rotatable bonds is 5. The molecule has 0 atom stereocenters. The highest BCUT2D eigenvalue weighted by atomic mass is 16.5. The first-order chi connectivity index (χ1) is 7.27. The van der Waals surface area contributed by atoms with Crippen molar-refractivity contribution in [1.82, 2.24) is 0 Å². The quantitative estimate of drug-likeness (QED) is 0.687. The molecule has 0 aliphatic rings. The van der Waals surface area contributed by atoms with Gasteiger partial charge in [0.15, 0.2) is 0 Å². The van der Waals surface area contributed by atoms with E-state index in [9.17, 15) is 0 Å². The van der Waals surface area contributed by atoms with Crippen LogP contribution in [0.1, 0.15) is 37.3 Å². The van der Waals surface area contributed by atoms with E-state index in [-0.39, 0.29) is 0 Å². The zero-order valence-electron chi connectivity index (χ0n) is 9.42. The van der Waals surface area contributed by atoms with Crippen molar-refractivity contribution in [2.75, 3.05) is 6.61 Å². The van der Waals surface area contributed by atoms with Gasteiger partial charge in [-0.1, -0.05) is 25.8 Å². The van der Waals surface area contributed by atoms with E-state index >= 15 is 0 Å². The minimum absolute atomic E-state index is 0.622. The van der Waals surface area contributed by atoms with Gasteiger partial charge in [0.25, 0.3) is 0 Å². The van der Waals surface area contributed by atoms with E-state index in [4.69, 9.17) is 10.00 Å². The van der Waals surface area contributed by atoms with Crippen molar-refractivity contribution in [3.63, 3.8) is 0 Å². The van der Waals surface area contributed by atoms with Crippen molar-refractivity contribution in [3.8, 4) is 11.8 Å². The summed E-state index contributed by atoms with van der Waals surface area (Å²) >= 11 is 0. The molecule has 0 bridgehead atoms. The van der Waals surface area contributed by atoms with E-state index < -0.39 is 0 Å². The first-order valence-corrected chi connectivity index (χ1v) is 5.41. The Morgan fingerprint density at radius 1 is 1.33 bits per heavy atom. The van der Waals surface area contributed by atoms with Gasteiger partial charge in [-0.05, 0) is 31.0 Å².